The van der Waals surface area contributed by atoms with Crippen molar-refractivity contribution in [3.63, 3.8) is 0 Å². The Kier molecular flexibility index (Phi) is 5.36. The van der Waals surface area contributed by atoms with E-state index >= 15 is 0 Å². The van der Waals surface area contributed by atoms with E-state index in [1.165, 1.54) is 0 Å². The fourth-order valence-corrected chi connectivity index (χ4v) is 4.07. The van der Waals surface area contributed by atoms with E-state index in [9.17, 15) is 9.90 Å². The molecule has 150 valence electrons. The molecule has 28 heavy (non-hydrogen) atoms. The van der Waals surface area contributed by atoms with Crippen LogP contribution in [0, 0.1) is 0 Å². The average molecular weight is 405 g/mol. The van der Waals surface area contributed by atoms with Gasteiger partial charge in [-0.05, 0) is 56.5 Å². The van der Waals surface area contributed by atoms with Crippen molar-refractivity contribution in [1.29, 1.82) is 0 Å². The molecular weight excluding hydrogens is 380 g/mol. The molecule has 7 heteroatoms. The molecule has 0 saturated carbocycles. The molecule has 1 atom stereocenters. The molecule has 4 rings (SSSR count). The van der Waals surface area contributed by atoms with Gasteiger partial charge in [-0.2, -0.15) is 0 Å². The summed E-state index contributed by atoms with van der Waals surface area (Å²) in [6, 6.07) is 8.97. The van der Waals surface area contributed by atoms with Gasteiger partial charge in [0.2, 0.25) is 0 Å². The lowest BCUT2D eigenvalue weighted by molar-refractivity contribution is 0.0799. The molecule has 0 unspecified atom stereocenters. The highest BCUT2D eigenvalue weighted by atomic mass is 35.5. The average Bonchev–Trinajstić information content (AvgIpc) is 3.29. The van der Waals surface area contributed by atoms with E-state index < -0.39 is 5.60 Å². The van der Waals surface area contributed by atoms with E-state index in [4.69, 9.17) is 20.8 Å². The van der Waals surface area contributed by atoms with Crippen LogP contribution in [-0.4, -0.2) is 42.9 Å². The van der Waals surface area contributed by atoms with E-state index in [1.54, 1.807) is 18.2 Å². The van der Waals surface area contributed by atoms with Gasteiger partial charge in [-0.15, -0.1) is 0 Å². The number of rotatable bonds is 4. The van der Waals surface area contributed by atoms with Crippen molar-refractivity contribution in [2.45, 2.75) is 37.7 Å². The van der Waals surface area contributed by atoms with Crippen LogP contribution in [-0.2, 0) is 4.74 Å². The van der Waals surface area contributed by atoms with Crippen molar-refractivity contribution >= 4 is 28.9 Å². The Morgan fingerprint density at radius 2 is 2.07 bits per heavy atom. The van der Waals surface area contributed by atoms with Crippen LogP contribution in [0.15, 0.2) is 34.7 Å². The Hall–Kier alpha value is -2.02. The molecule has 2 N–H and O–H groups in total. The maximum atomic E-state index is 12.8. The Bertz CT molecular complexity index is 858. The zero-order valence-corrected chi connectivity index (χ0v) is 16.7. The third-order valence-corrected chi connectivity index (χ3v) is 5.71. The highest BCUT2D eigenvalue weighted by Crippen LogP contribution is 2.35. The maximum Gasteiger partial charge on any atom is 0.291 e. The maximum absolute atomic E-state index is 12.8. The van der Waals surface area contributed by atoms with Gasteiger partial charge >= 0.3 is 0 Å². The molecule has 0 spiro atoms. The molecule has 2 fully saturated rings. The Balaban J connectivity index is 1.51. The summed E-state index contributed by atoms with van der Waals surface area (Å²) in [7, 11) is 0. The van der Waals surface area contributed by atoms with Gasteiger partial charge in [0.15, 0.2) is 5.76 Å². The molecule has 1 aromatic carbocycles. The van der Waals surface area contributed by atoms with Crippen molar-refractivity contribution < 1.29 is 19.1 Å². The van der Waals surface area contributed by atoms with Gasteiger partial charge in [0, 0.05) is 37.2 Å². The summed E-state index contributed by atoms with van der Waals surface area (Å²) in [5.41, 5.74) is 0.714. The van der Waals surface area contributed by atoms with Crippen molar-refractivity contribution in [2.75, 3.05) is 36.5 Å². The van der Waals surface area contributed by atoms with Crippen LogP contribution in [0.5, 0.6) is 0 Å². The first kappa shape index (κ1) is 19.3. The van der Waals surface area contributed by atoms with Crippen molar-refractivity contribution in [2.24, 2.45) is 0 Å². The Labute approximate surface area is 169 Å². The van der Waals surface area contributed by atoms with Gasteiger partial charge in [0.25, 0.3) is 5.91 Å². The van der Waals surface area contributed by atoms with Crippen LogP contribution >= 0.6 is 11.6 Å². The van der Waals surface area contributed by atoms with Gasteiger partial charge in [0.1, 0.15) is 5.76 Å². The van der Waals surface area contributed by atoms with Crippen molar-refractivity contribution in [3.05, 3.63) is 46.9 Å². The smallest absolute Gasteiger partial charge is 0.291 e. The molecule has 2 aromatic rings. The van der Waals surface area contributed by atoms with Crippen molar-refractivity contribution in [3.8, 4) is 0 Å². The van der Waals surface area contributed by atoms with Gasteiger partial charge < -0.3 is 24.5 Å². The first-order chi connectivity index (χ1) is 13.4. The fourth-order valence-electron chi connectivity index (χ4n) is 3.90. The summed E-state index contributed by atoms with van der Waals surface area (Å²) in [5.74, 6) is 1.09. The number of hydrogen-bond donors (Lipinski definition) is 2. The molecule has 0 aliphatic carbocycles. The number of nitrogens with one attached hydrogen (secondary N) is 1. The van der Waals surface area contributed by atoms with Crippen LogP contribution in [0.1, 0.15) is 48.4 Å². The highest BCUT2D eigenvalue weighted by Gasteiger charge is 2.32. The van der Waals surface area contributed by atoms with Crippen LogP contribution < -0.4 is 10.2 Å². The lowest BCUT2D eigenvalue weighted by Crippen LogP contribution is -2.30. The lowest BCUT2D eigenvalue weighted by Gasteiger charge is -2.23. The summed E-state index contributed by atoms with van der Waals surface area (Å²) in [6.07, 6.45) is 2.49. The predicted octanol–water partition coefficient (Wildman–Crippen LogP) is 4.04. The number of β-amino-alcohol motifs (C(OH)–C–C–N with tert-alkyl or cyclic N) is 1. The quantitative estimate of drug-likeness (QED) is 0.804. The summed E-state index contributed by atoms with van der Waals surface area (Å²) >= 11 is 6.16. The monoisotopic (exact) mass is 404 g/mol. The number of halogens is 1. The molecule has 2 saturated heterocycles. The number of hydrogen-bond acceptors (Lipinski definition) is 5. The van der Waals surface area contributed by atoms with Crippen LogP contribution in [0.25, 0.3) is 0 Å². The van der Waals surface area contributed by atoms with Gasteiger partial charge in [-0.3, -0.25) is 4.79 Å². The molecule has 1 amide bonds. The predicted molar refractivity (Wildman–Crippen MR) is 108 cm³/mol. The molecule has 3 heterocycles. The molecular formula is C21H25ClN2O4. The molecule has 2 aliphatic rings. The van der Waals surface area contributed by atoms with Crippen LogP contribution in [0.2, 0.25) is 5.02 Å². The SMILES string of the molecule is C[C@@]1(O)CCN(c2ccc(Cl)cc2NC(=O)c2ccc(C3CCOCC3)o2)C1. The van der Waals surface area contributed by atoms with Crippen molar-refractivity contribution in [1.82, 2.24) is 0 Å². The number of carbonyl (C=O) groups excluding carboxylic acids is 1. The number of furan rings is 1. The summed E-state index contributed by atoms with van der Waals surface area (Å²) in [5, 5.41) is 13.7. The Morgan fingerprint density at radius 3 is 2.79 bits per heavy atom. The fraction of sp³-hybridized carbons (Fsp3) is 0.476. The number of amides is 1. The summed E-state index contributed by atoms with van der Waals surface area (Å²) in [6.45, 7) is 4.48. The number of benzene rings is 1. The molecule has 0 bridgehead atoms. The number of nitrogens with zero attached hydrogens (tertiary/aromatic N) is 1. The Morgan fingerprint density at radius 1 is 1.29 bits per heavy atom. The summed E-state index contributed by atoms with van der Waals surface area (Å²) in [4.78, 5) is 14.8. The normalized spacial score (nSPS) is 23.2. The van der Waals surface area contributed by atoms with Gasteiger partial charge in [-0.25, -0.2) is 0 Å². The third-order valence-electron chi connectivity index (χ3n) is 5.47. The van der Waals surface area contributed by atoms with Crippen LogP contribution in [0.3, 0.4) is 0 Å². The zero-order chi connectivity index (χ0) is 19.7. The lowest BCUT2D eigenvalue weighted by atomic mass is 9.98. The minimum atomic E-state index is -0.736. The first-order valence-electron chi connectivity index (χ1n) is 9.67. The van der Waals surface area contributed by atoms with Gasteiger partial charge in [0.05, 0.1) is 17.0 Å². The third kappa shape index (κ3) is 4.19. The molecule has 0 radical (unpaired) electrons. The standard InChI is InChI=1S/C21H25ClN2O4/c1-21(26)8-9-24(13-21)17-3-2-15(22)12-16(17)23-20(25)19-5-4-18(28-19)14-6-10-27-11-7-14/h2-5,12,14,26H,6-11,13H2,1H3,(H,23,25)/t21-/m1/s1. The van der Waals surface area contributed by atoms with Crippen LogP contribution in [0.4, 0.5) is 11.4 Å². The second kappa shape index (κ2) is 7.78. The first-order valence-corrected chi connectivity index (χ1v) is 10.0. The summed E-state index contributed by atoms with van der Waals surface area (Å²) < 4.78 is 11.2. The number of carbonyl (C=O) groups is 1. The zero-order valence-electron chi connectivity index (χ0n) is 15.9. The van der Waals surface area contributed by atoms with E-state index in [-0.39, 0.29) is 11.7 Å². The van der Waals surface area contributed by atoms with E-state index in [2.05, 4.69) is 10.2 Å². The number of aliphatic hydroxyl groups is 1. The molecule has 1 aromatic heterocycles. The molecule has 2 aliphatic heterocycles. The molecule has 6 nitrogen and oxygen atoms in total. The second-order valence-electron chi connectivity index (χ2n) is 7.87. The largest absolute Gasteiger partial charge is 0.456 e. The van der Waals surface area contributed by atoms with E-state index in [0.29, 0.717) is 36.1 Å². The number of anilines is 2. The van der Waals surface area contributed by atoms with Gasteiger partial charge in [-0.1, -0.05) is 11.6 Å². The minimum absolute atomic E-state index is 0.279. The highest BCUT2D eigenvalue weighted by molar-refractivity contribution is 6.31. The van der Waals surface area contributed by atoms with E-state index in [1.807, 2.05) is 19.1 Å². The second-order valence-corrected chi connectivity index (χ2v) is 8.31. The minimum Gasteiger partial charge on any atom is -0.456 e. The van der Waals surface area contributed by atoms with E-state index in [0.717, 1.165) is 37.5 Å². The topological polar surface area (TPSA) is 74.9 Å². The number of ether oxygens (including phenoxy) is 1.